The lowest BCUT2D eigenvalue weighted by Crippen LogP contribution is -2.24. The highest BCUT2D eigenvalue weighted by atomic mass is 16.5. The quantitative estimate of drug-likeness (QED) is 0.849. The van der Waals surface area contributed by atoms with Crippen LogP contribution in [0.2, 0.25) is 0 Å². The van der Waals surface area contributed by atoms with Crippen LogP contribution >= 0.6 is 0 Å². The highest BCUT2D eigenvalue weighted by Gasteiger charge is 2.18. The topological polar surface area (TPSA) is 43.4 Å². The highest BCUT2D eigenvalue weighted by molar-refractivity contribution is 5.40. The first-order valence-electron chi connectivity index (χ1n) is 7.16. The van der Waals surface area contributed by atoms with Gasteiger partial charge in [0.15, 0.2) is 0 Å². The maximum Gasteiger partial charge on any atom is 0.218 e. The first kappa shape index (κ1) is 15.3. The second-order valence-corrected chi connectivity index (χ2v) is 4.77. The molecule has 0 radical (unpaired) electrons. The number of nitrogens with one attached hydrogen (secondary N) is 1. The third-order valence-electron chi connectivity index (χ3n) is 3.33. The van der Waals surface area contributed by atoms with Crippen LogP contribution < -0.4 is 14.8 Å². The highest BCUT2D eigenvalue weighted by Crippen LogP contribution is 2.30. The maximum atomic E-state index is 5.40. The normalized spacial score (nSPS) is 12.0. The SMILES string of the molecule is CCCNC(c1cccc(OC)c1)c1cccnc1OC. The number of aromatic nitrogens is 1. The number of rotatable bonds is 7. The van der Waals surface area contributed by atoms with E-state index in [4.69, 9.17) is 9.47 Å². The molecule has 1 aromatic heterocycles. The van der Waals surface area contributed by atoms with E-state index in [0.717, 1.165) is 29.8 Å². The molecule has 4 heteroatoms. The molecule has 2 aromatic rings. The lowest BCUT2D eigenvalue weighted by atomic mass is 9.99. The summed E-state index contributed by atoms with van der Waals surface area (Å²) in [5, 5.41) is 3.55. The minimum absolute atomic E-state index is 0.0312. The van der Waals surface area contributed by atoms with Crippen molar-refractivity contribution in [3.63, 3.8) is 0 Å². The number of hydrogen-bond donors (Lipinski definition) is 1. The average Bonchev–Trinajstić information content (AvgIpc) is 2.56. The van der Waals surface area contributed by atoms with Crippen molar-refractivity contribution in [2.24, 2.45) is 0 Å². The molecule has 21 heavy (non-hydrogen) atoms. The zero-order valence-electron chi connectivity index (χ0n) is 12.8. The van der Waals surface area contributed by atoms with E-state index >= 15 is 0 Å². The lowest BCUT2D eigenvalue weighted by molar-refractivity contribution is 0.386. The van der Waals surface area contributed by atoms with Gasteiger partial charge in [-0.25, -0.2) is 4.98 Å². The van der Waals surface area contributed by atoms with Crippen molar-refractivity contribution in [3.8, 4) is 11.6 Å². The first-order valence-corrected chi connectivity index (χ1v) is 7.16. The summed E-state index contributed by atoms with van der Waals surface area (Å²) in [4.78, 5) is 4.30. The molecule has 1 aromatic carbocycles. The third-order valence-corrected chi connectivity index (χ3v) is 3.33. The molecule has 4 nitrogen and oxygen atoms in total. The Balaban J connectivity index is 2.41. The van der Waals surface area contributed by atoms with Gasteiger partial charge in [-0.1, -0.05) is 25.1 Å². The predicted molar refractivity (Wildman–Crippen MR) is 83.9 cm³/mol. The number of hydrogen-bond acceptors (Lipinski definition) is 4. The van der Waals surface area contributed by atoms with Crippen molar-refractivity contribution in [3.05, 3.63) is 53.7 Å². The average molecular weight is 286 g/mol. The first-order chi connectivity index (χ1) is 10.3. The summed E-state index contributed by atoms with van der Waals surface area (Å²) in [6.45, 7) is 3.07. The molecule has 0 saturated carbocycles. The van der Waals surface area contributed by atoms with Crippen LogP contribution in [-0.4, -0.2) is 25.7 Å². The van der Waals surface area contributed by atoms with Crippen molar-refractivity contribution < 1.29 is 9.47 Å². The van der Waals surface area contributed by atoms with E-state index < -0.39 is 0 Å². The molecule has 0 spiro atoms. The van der Waals surface area contributed by atoms with Crippen molar-refractivity contribution in [2.45, 2.75) is 19.4 Å². The van der Waals surface area contributed by atoms with Crippen LogP contribution in [0.4, 0.5) is 0 Å². The smallest absolute Gasteiger partial charge is 0.218 e. The van der Waals surface area contributed by atoms with Crippen LogP contribution in [0.15, 0.2) is 42.6 Å². The number of nitrogens with zero attached hydrogens (tertiary/aromatic N) is 1. The van der Waals surface area contributed by atoms with Crippen LogP contribution in [0, 0.1) is 0 Å². The van der Waals surface area contributed by atoms with Gasteiger partial charge in [0, 0.05) is 11.8 Å². The minimum Gasteiger partial charge on any atom is -0.497 e. The number of ether oxygens (including phenoxy) is 2. The molecule has 0 amide bonds. The van der Waals surface area contributed by atoms with Crippen molar-refractivity contribution in [1.82, 2.24) is 10.3 Å². The molecular weight excluding hydrogens is 264 g/mol. The molecule has 2 rings (SSSR count). The van der Waals surface area contributed by atoms with Crippen LogP contribution in [0.5, 0.6) is 11.6 Å². The van der Waals surface area contributed by atoms with Crippen molar-refractivity contribution >= 4 is 0 Å². The number of methoxy groups -OCH3 is 2. The van der Waals surface area contributed by atoms with E-state index in [1.807, 2.05) is 30.3 Å². The summed E-state index contributed by atoms with van der Waals surface area (Å²) in [5.41, 5.74) is 2.16. The van der Waals surface area contributed by atoms with E-state index in [2.05, 4.69) is 23.3 Å². The fraction of sp³-hybridized carbons (Fsp3) is 0.353. The van der Waals surface area contributed by atoms with Crippen molar-refractivity contribution in [1.29, 1.82) is 0 Å². The Morgan fingerprint density at radius 1 is 1.14 bits per heavy atom. The Kier molecular flexibility index (Phi) is 5.58. The van der Waals surface area contributed by atoms with Crippen molar-refractivity contribution in [2.75, 3.05) is 20.8 Å². The van der Waals surface area contributed by atoms with Gasteiger partial charge in [-0.3, -0.25) is 0 Å². The van der Waals surface area contributed by atoms with Gasteiger partial charge >= 0.3 is 0 Å². The van der Waals surface area contributed by atoms with Crippen LogP contribution in [0.3, 0.4) is 0 Å². The second kappa shape index (κ2) is 7.64. The van der Waals surface area contributed by atoms with Crippen LogP contribution in [-0.2, 0) is 0 Å². The van der Waals surface area contributed by atoms with E-state index in [1.165, 1.54) is 0 Å². The summed E-state index contributed by atoms with van der Waals surface area (Å²) in [7, 11) is 3.33. The van der Waals surface area contributed by atoms with E-state index in [-0.39, 0.29) is 6.04 Å². The molecule has 0 aliphatic heterocycles. The van der Waals surface area contributed by atoms with Gasteiger partial charge in [-0.05, 0) is 36.7 Å². The molecule has 0 bridgehead atoms. The van der Waals surface area contributed by atoms with Crippen LogP contribution in [0.1, 0.15) is 30.5 Å². The fourth-order valence-corrected chi connectivity index (χ4v) is 2.31. The van der Waals surface area contributed by atoms with Gasteiger partial charge in [-0.15, -0.1) is 0 Å². The van der Waals surface area contributed by atoms with E-state index in [1.54, 1.807) is 20.4 Å². The summed E-state index contributed by atoms with van der Waals surface area (Å²) in [6.07, 6.45) is 2.80. The molecular formula is C17H22N2O2. The zero-order valence-corrected chi connectivity index (χ0v) is 12.8. The van der Waals surface area contributed by atoms with Gasteiger partial charge in [0.1, 0.15) is 5.75 Å². The molecule has 0 saturated heterocycles. The Morgan fingerprint density at radius 3 is 2.71 bits per heavy atom. The standard InChI is InChI=1S/C17H22N2O2/c1-4-10-18-16(13-7-5-8-14(12-13)20-2)15-9-6-11-19-17(15)21-3/h5-9,11-12,16,18H,4,10H2,1-3H3. The summed E-state index contributed by atoms with van der Waals surface area (Å²) >= 11 is 0. The predicted octanol–water partition coefficient (Wildman–Crippen LogP) is 3.19. The van der Waals surface area contributed by atoms with Gasteiger partial charge in [0.05, 0.1) is 20.3 Å². The summed E-state index contributed by atoms with van der Waals surface area (Å²) < 4.78 is 10.7. The molecule has 0 fully saturated rings. The fourth-order valence-electron chi connectivity index (χ4n) is 2.31. The Morgan fingerprint density at radius 2 is 2.00 bits per heavy atom. The summed E-state index contributed by atoms with van der Waals surface area (Å²) in [6, 6.07) is 12.1. The Bertz CT molecular complexity index is 572. The zero-order chi connectivity index (χ0) is 15.1. The maximum absolute atomic E-state index is 5.40. The van der Waals surface area contributed by atoms with E-state index in [0.29, 0.717) is 5.88 Å². The third kappa shape index (κ3) is 3.73. The number of pyridine rings is 1. The Labute approximate surface area is 126 Å². The molecule has 0 aliphatic rings. The monoisotopic (exact) mass is 286 g/mol. The van der Waals surface area contributed by atoms with Gasteiger partial charge in [0.2, 0.25) is 5.88 Å². The minimum atomic E-state index is 0.0312. The molecule has 1 heterocycles. The molecule has 0 aliphatic carbocycles. The number of benzene rings is 1. The Hall–Kier alpha value is -2.07. The molecule has 1 N–H and O–H groups in total. The van der Waals surface area contributed by atoms with E-state index in [9.17, 15) is 0 Å². The molecule has 1 atom stereocenters. The molecule has 112 valence electrons. The summed E-state index contributed by atoms with van der Waals surface area (Å²) in [5.74, 6) is 1.49. The largest absolute Gasteiger partial charge is 0.497 e. The lowest BCUT2D eigenvalue weighted by Gasteiger charge is -2.21. The van der Waals surface area contributed by atoms with Gasteiger partial charge in [0.25, 0.3) is 0 Å². The second-order valence-electron chi connectivity index (χ2n) is 4.77. The van der Waals surface area contributed by atoms with Gasteiger partial charge < -0.3 is 14.8 Å². The molecule has 1 unspecified atom stereocenters. The van der Waals surface area contributed by atoms with Crippen LogP contribution in [0.25, 0.3) is 0 Å². The van der Waals surface area contributed by atoms with Gasteiger partial charge in [-0.2, -0.15) is 0 Å².